The summed E-state index contributed by atoms with van der Waals surface area (Å²) in [6, 6.07) is 2.06. The topological polar surface area (TPSA) is 100.0 Å². The molecule has 2 N–H and O–H groups in total. The Morgan fingerprint density at radius 1 is 1.53 bits per heavy atom. The zero-order chi connectivity index (χ0) is 14.0. The number of rotatable bonds is 3. The molecular formula is C12H14N2O5. The lowest BCUT2D eigenvalue weighted by atomic mass is 10.2. The second-order valence-electron chi connectivity index (χ2n) is 4.26. The minimum atomic E-state index is -1.13. The first-order valence-corrected chi connectivity index (χ1v) is 5.75. The summed E-state index contributed by atoms with van der Waals surface area (Å²) >= 11 is 0. The number of carbonyl (C=O) groups is 2. The number of pyridine rings is 1. The van der Waals surface area contributed by atoms with Gasteiger partial charge < -0.3 is 19.8 Å². The summed E-state index contributed by atoms with van der Waals surface area (Å²) in [5.74, 6) is -1.50. The van der Waals surface area contributed by atoms with Crippen LogP contribution in [-0.4, -0.2) is 57.8 Å². The third-order valence-electron chi connectivity index (χ3n) is 3.02. The molecule has 1 amide bonds. The Bertz CT molecular complexity index is 505. The number of nitrogens with zero attached hydrogens (tertiary/aromatic N) is 2. The Labute approximate surface area is 109 Å². The van der Waals surface area contributed by atoms with Crippen LogP contribution in [0.2, 0.25) is 0 Å². The first-order chi connectivity index (χ1) is 9.04. The summed E-state index contributed by atoms with van der Waals surface area (Å²) in [5, 5.41) is 18.6. The number of hydrogen-bond donors (Lipinski definition) is 2. The van der Waals surface area contributed by atoms with Crippen molar-refractivity contribution in [1.82, 2.24) is 9.88 Å². The predicted octanol–water partition coefficient (Wildman–Crippen LogP) is -0.250. The largest absolute Gasteiger partial charge is 0.480 e. The summed E-state index contributed by atoms with van der Waals surface area (Å²) in [4.78, 5) is 28.4. The number of likely N-dealkylation sites (tertiary alicyclic amines) is 1. The summed E-state index contributed by atoms with van der Waals surface area (Å²) in [6.07, 6.45) is 0.681. The molecule has 7 heteroatoms. The molecule has 2 heterocycles. The van der Waals surface area contributed by atoms with Crippen molar-refractivity contribution in [3.8, 4) is 5.88 Å². The molecule has 1 aromatic rings. The van der Waals surface area contributed by atoms with Gasteiger partial charge in [-0.1, -0.05) is 0 Å². The molecule has 0 aliphatic carbocycles. The van der Waals surface area contributed by atoms with Crippen molar-refractivity contribution in [2.24, 2.45) is 0 Å². The molecule has 19 heavy (non-hydrogen) atoms. The van der Waals surface area contributed by atoms with Crippen molar-refractivity contribution in [2.75, 3.05) is 13.7 Å². The summed E-state index contributed by atoms with van der Waals surface area (Å²) in [7, 11) is 1.38. The van der Waals surface area contributed by atoms with Gasteiger partial charge in [-0.25, -0.2) is 9.78 Å². The highest BCUT2D eigenvalue weighted by Gasteiger charge is 2.40. The van der Waals surface area contributed by atoms with Gasteiger partial charge in [0.2, 0.25) is 5.88 Å². The molecule has 0 aromatic carbocycles. The number of amides is 1. The Balaban J connectivity index is 2.30. The average molecular weight is 266 g/mol. The minimum Gasteiger partial charge on any atom is -0.480 e. The number of carbonyl (C=O) groups excluding carboxylic acids is 1. The van der Waals surface area contributed by atoms with Gasteiger partial charge in [0.05, 0.1) is 13.2 Å². The van der Waals surface area contributed by atoms with Crippen molar-refractivity contribution < 1.29 is 24.5 Å². The highest BCUT2D eigenvalue weighted by Crippen LogP contribution is 2.24. The third-order valence-corrected chi connectivity index (χ3v) is 3.02. The number of hydrogen-bond acceptors (Lipinski definition) is 5. The van der Waals surface area contributed by atoms with Gasteiger partial charge in [-0.3, -0.25) is 4.79 Å². The van der Waals surface area contributed by atoms with Crippen LogP contribution in [-0.2, 0) is 4.79 Å². The molecule has 0 spiro atoms. The molecule has 1 aliphatic rings. The highest BCUT2D eigenvalue weighted by molar-refractivity contribution is 5.98. The third kappa shape index (κ3) is 2.50. The van der Waals surface area contributed by atoms with Gasteiger partial charge >= 0.3 is 5.97 Å². The smallest absolute Gasteiger partial charge is 0.326 e. The standard InChI is InChI=1S/C12H14N2O5/c1-19-10-8(3-2-4-13-10)11(16)14-6-7(15)5-9(14)12(17)18/h2-4,7,9,15H,5-6H2,1H3,(H,17,18)/t7-,9+/m1/s1. The molecule has 1 aromatic heterocycles. The lowest BCUT2D eigenvalue weighted by Gasteiger charge is -2.21. The zero-order valence-corrected chi connectivity index (χ0v) is 10.3. The fourth-order valence-electron chi connectivity index (χ4n) is 2.14. The van der Waals surface area contributed by atoms with Crippen LogP contribution in [0.3, 0.4) is 0 Å². The van der Waals surface area contributed by atoms with Crippen LogP contribution in [0.25, 0.3) is 0 Å². The second-order valence-corrected chi connectivity index (χ2v) is 4.26. The maximum Gasteiger partial charge on any atom is 0.326 e. The molecule has 0 bridgehead atoms. The number of aromatic nitrogens is 1. The lowest BCUT2D eigenvalue weighted by molar-refractivity contribution is -0.141. The van der Waals surface area contributed by atoms with Gasteiger partial charge in [0.25, 0.3) is 5.91 Å². The van der Waals surface area contributed by atoms with Crippen LogP contribution in [0.15, 0.2) is 18.3 Å². The first kappa shape index (κ1) is 13.3. The van der Waals surface area contributed by atoms with Crippen molar-refractivity contribution >= 4 is 11.9 Å². The van der Waals surface area contributed by atoms with E-state index in [1.165, 1.54) is 19.4 Å². The van der Waals surface area contributed by atoms with Gasteiger partial charge in [0.15, 0.2) is 0 Å². The van der Waals surface area contributed by atoms with Crippen LogP contribution in [0, 0.1) is 0 Å². The van der Waals surface area contributed by atoms with Gasteiger partial charge in [-0.2, -0.15) is 0 Å². The Morgan fingerprint density at radius 2 is 2.26 bits per heavy atom. The van der Waals surface area contributed by atoms with E-state index in [0.717, 1.165) is 4.90 Å². The van der Waals surface area contributed by atoms with Gasteiger partial charge in [0, 0.05) is 19.2 Å². The molecule has 0 saturated carbocycles. The van der Waals surface area contributed by atoms with E-state index < -0.39 is 24.0 Å². The van der Waals surface area contributed by atoms with Crippen LogP contribution in [0.5, 0.6) is 5.88 Å². The van der Waals surface area contributed by atoms with Crippen LogP contribution in [0.4, 0.5) is 0 Å². The first-order valence-electron chi connectivity index (χ1n) is 5.75. The molecule has 2 atom stereocenters. The number of aliphatic hydroxyl groups excluding tert-OH is 1. The fraction of sp³-hybridized carbons (Fsp3) is 0.417. The normalized spacial score (nSPS) is 22.3. The highest BCUT2D eigenvalue weighted by atomic mass is 16.5. The predicted molar refractivity (Wildman–Crippen MR) is 63.9 cm³/mol. The van der Waals surface area contributed by atoms with Crippen LogP contribution < -0.4 is 4.74 Å². The maximum atomic E-state index is 12.3. The quantitative estimate of drug-likeness (QED) is 0.782. The Morgan fingerprint density at radius 3 is 2.89 bits per heavy atom. The maximum absolute atomic E-state index is 12.3. The second kappa shape index (κ2) is 5.23. The van der Waals surface area contributed by atoms with Crippen molar-refractivity contribution in [3.05, 3.63) is 23.9 Å². The summed E-state index contributed by atoms with van der Waals surface area (Å²) in [6.45, 7) is -0.00610. The minimum absolute atomic E-state index is 0.00610. The number of β-amino-alcohol motifs (C(OH)–C–C–N with tert-alkyl or cyclic N) is 1. The van der Waals surface area contributed by atoms with Crippen molar-refractivity contribution in [2.45, 2.75) is 18.6 Å². The SMILES string of the molecule is COc1ncccc1C(=O)N1C[C@H](O)C[C@H]1C(=O)O. The summed E-state index contributed by atoms with van der Waals surface area (Å²) in [5.41, 5.74) is 0.186. The number of ether oxygens (including phenoxy) is 1. The van der Waals surface area contributed by atoms with E-state index in [2.05, 4.69) is 4.98 Å². The number of aliphatic carboxylic acids is 1. The molecule has 0 radical (unpaired) electrons. The average Bonchev–Trinajstić information content (AvgIpc) is 2.80. The van der Waals surface area contributed by atoms with Gasteiger partial charge in [0.1, 0.15) is 11.6 Å². The van der Waals surface area contributed by atoms with E-state index in [0.29, 0.717) is 0 Å². The van der Waals surface area contributed by atoms with E-state index in [1.807, 2.05) is 0 Å². The van der Waals surface area contributed by atoms with Crippen molar-refractivity contribution in [1.29, 1.82) is 0 Å². The van der Waals surface area contributed by atoms with E-state index in [-0.39, 0.29) is 24.4 Å². The number of methoxy groups -OCH3 is 1. The number of aliphatic hydroxyl groups is 1. The van der Waals surface area contributed by atoms with Crippen LogP contribution >= 0.6 is 0 Å². The Hall–Kier alpha value is -2.15. The van der Waals surface area contributed by atoms with E-state index in [4.69, 9.17) is 9.84 Å². The van der Waals surface area contributed by atoms with Gasteiger partial charge in [-0.05, 0) is 12.1 Å². The molecular weight excluding hydrogens is 252 g/mol. The molecule has 102 valence electrons. The monoisotopic (exact) mass is 266 g/mol. The zero-order valence-electron chi connectivity index (χ0n) is 10.3. The number of carboxylic acid groups (broad SMARTS) is 1. The molecule has 2 rings (SSSR count). The Kier molecular flexibility index (Phi) is 3.66. The fourth-order valence-corrected chi connectivity index (χ4v) is 2.14. The van der Waals surface area contributed by atoms with Crippen molar-refractivity contribution in [3.63, 3.8) is 0 Å². The lowest BCUT2D eigenvalue weighted by Crippen LogP contribution is -2.40. The molecule has 7 nitrogen and oxygen atoms in total. The van der Waals surface area contributed by atoms with E-state index in [1.54, 1.807) is 6.07 Å². The molecule has 1 fully saturated rings. The molecule has 1 aliphatic heterocycles. The molecule has 1 saturated heterocycles. The molecule has 0 unspecified atom stereocenters. The van der Waals surface area contributed by atoms with Gasteiger partial charge in [-0.15, -0.1) is 0 Å². The number of carboxylic acids is 1. The summed E-state index contributed by atoms with van der Waals surface area (Å²) < 4.78 is 4.98. The van der Waals surface area contributed by atoms with E-state index >= 15 is 0 Å². The van der Waals surface area contributed by atoms with Crippen LogP contribution in [0.1, 0.15) is 16.8 Å². The van der Waals surface area contributed by atoms with E-state index in [9.17, 15) is 14.7 Å².